The highest BCUT2D eigenvalue weighted by molar-refractivity contribution is 9.10. The lowest BCUT2D eigenvalue weighted by molar-refractivity contribution is 0.103. The number of nitrogens with zero attached hydrogens (tertiary/aromatic N) is 2. The molecule has 0 radical (unpaired) electrons. The van der Waals surface area contributed by atoms with Crippen molar-refractivity contribution in [3.05, 3.63) is 33.8 Å². The van der Waals surface area contributed by atoms with Gasteiger partial charge in [-0.2, -0.15) is 0 Å². The first-order valence-electron chi connectivity index (χ1n) is 6.96. The van der Waals surface area contributed by atoms with Crippen LogP contribution in [-0.4, -0.2) is 47.2 Å². The summed E-state index contributed by atoms with van der Waals surface area (Å²) in [6, 6.07) is 6.44. The van der Waals surface area contributed by atoms with Crippen LogP contribution in [0.15, 0.2) is 22.7 Å². The fraction of sp³-hybridized carbons (Fsp3) is 0.533. The van der Waals surface area contributed by atoms with Crippen molar-refractivity contribution < 1.29 is 9.90 Å². The molecule has 1 amide bonds. The van der Waals surface area contributed by atoms with Crippen molar-refractivity contribution in [3.63, 3.8) is 0 Å². The molecular formula is C15H21BrN2O2. The van der Waals surface area contributed by atoms with Crippen molar-refractivity contribution in [1.29, 1.82) is 0 Å². The number of hydrogen-bond acceptors (Lipinski definition) is 2. The molecule has 0 aromatic heterocycles. The fourth-order valence-corrected chi connectivity index (χ4v) is 2.96. The molecule has 1 heterocycles. The maximum Gasteiger partial charge on any atom is 0.407 e. The van der Waals surface area contributed by atoms with E-state index in [0.29, 0.717) is 19.0 Å². The van der Waals surface area contributed by atoms with E-state index < -0.39 is 6.09 Å². The normalized spacial score (nSPS) is 16.7. The van der Waals surface area contributed by atoms with Gasteiger partial charge in [-0.15, -0.1) is 0 Å². The average molecular weight is 341 g/mol. The Hall–Kier alpha value is -1.07. The fourth-order valence-electron chi connectivity index (χ4n) is 2.59. The summed E-state index contributed by atoms with van der Waals surface area (Å²) in [6.45, 7) is 8.11. The van der Waals surface area contributed by atoms with Crippen molar-refractivity contribution >= 4 is 22.0 Å². The molecule has 110 valence electrons. The zero-order valence-electron chi connectivity index (χ0n) is 12.0. The van der Waals surface area contributed by atoms with Crippen molar-refractivity contribution in [2.45, 2.75) is 26.3 Å². The summed E-state index contributed by atoms with van der Waals surface area (Å²) in [5.74, 6) is 0.489. The largest absolute Gasteiger partial charge is 0.465 e. The van der Waals surface area contributed by atoms with E-state index in [9.17, 15) is 4.79 Å². The molecule has 1 aliphatic heterocycles. The predicted octanol–water partition coefficient (Wildman–Crippen LogP) is 3.37. The van der Waals surface area contributed by atoms with Gasteiger partial charge < -0.3 is 10.0 Å². The van der Waals surface area contributed by atoms with Crippen LogP contribution in [-0.2, 0) is 6.54 Å². The highest BCUT2D eigenvalue weighted by atomic mass is 79.9. The van der Waals surface area contributed by atoms with Gasteiger partial charge in [-0.1, -0.05) is 35.8 Å². The van der Waals surface area contributed by atoms with Crippen molar-refractivity contribution in [3.8, 4) is 0 Å². The quantitative estimate of drug-likeness (QED) is 0.917. The van der Waals surface area contributed by atoms with Crippen LogP contribution >= 0.6 is 15.9 Å². The first kappa shape index (κ1) is 15.3. The Balaban J connectivity index is 2.03. The number of rotatable bonds is 3. The summed E-state index contributed by atoms with van der Waals surface area (Å²) in [4.78, 5) is 14.7. The van der Waals surface area contributed by atoms with E-state index in [4.69, 9.17) is 5.11 Å². The lowest BCUT2D eigenvalue weighted by Gasteiger charge is -2.33. The van der Waals surface area contributed by atoms with Crippen LogP contribution < -0.4 is 0 Å². The van der Waals surface area contributed by atoms with Gasteiger partial charge in [0.05, 0.1) is 0 Å². The highest BCUT2D eigenvalue weighted by Gasteiger charge is 2.21. The number of amides is 1. The second-order valence-electron chi connectivity index (χ2n) is 5.54. The maximum absolute atomic E-state index is 10.9. The van der Waals surface area contributed by atoms with E-state index in [-0.39, 0.29) is 0 Å². The molecule has 4 nitrogen and oxygen atoms in total. The van der Waals surface area contributed by atoms with Crippen LogP contribution in [0.25, 0.3) is 0 Å². The second-order valence-corrected chi connectivity index (χ2v) is 6.46. The average Bonchev–Trinajstić information content (AvgIpc) is 2.41. The van der Waals surface area contributed by atoms with E-state index in [1.165, 1.54) is 16.0 Å². The van der Waals surface area contributed by atoms with Crippen LogP contribution in [0.5, 0.6) is 0 Å². The number of carbonyl (C=O) groups is 1. The minimum absolute atomic E-state index is 0.489. The van der Waals surface area contributed by atoms with E-state index >= 15 is 0 Å². The van der Waals surface area contributed by atoms with Gasteiger partial charge in [0.2, 0.25) is 0 Å². The van der Waals surface area contributed by atoms with Crippen LogP contribution in [0, 0.1) is 0 Å². The Morgan fingerprint density at radius 3 is 2.50 bits per heavy atom. The number of halogens is 1. The van der Waals surface area contributed by atoms with Gasteiger partial charge in [0.15, 0.2) is 0 Å². The van der Waals surface area contributed by atoms with Crippen LogP contribution in [0.1, 0.15) is 30.9 Å². The van der Waals surface area contributed by atoms with Crippen LogP contribution in [0.4, 0.5) is 4.79 Å². The summed E-state index contributed by atoms with van der Waals surface area (Å²) in [5, 5.41) is 8.96. The number of carboxylic acid groups (broad SMARTS) is 1. The van der Waals surface area contributed by atoms with Gasteiger partial charge in [-0.25, -0.2) is 4.79 Å². The molecule has 0 unspecified atom stereocenters. The minimum Gasteiger partial charge on any atom is -0.465 e. The molecule has 5 heteroatoms. The summed E-state index contributed by atoms with van der Waals surface area (Å²) in [6.07, 6.45) is -0.809. The molecule has 2 rings (SSSR count). The van der Waals surface area contributed by atoms with E-state index in [2.05, 4.69) is 52.9 Å². The number of benzene rings is 1. The summed E-state index contributed by atoms with van der Waals surface area (Å²) < 4.78 is 1.11. The van der Waals surface area contributed by atoms with Gasteiger partial charge in [-0.3, -0.25) is 4.90 Å². The molecule has 0 atom stereocenters. The topological polar surface area (TPSA) is 43.8 Å². The molecule has 1 aromatic rings. The number of piperazine rings is 1. The smallest absolute Gasteiger partial charge is 0.407 e. The van der Waals surface area contributed by atoms with Gasteiger partial charge in [-0.05, 0) is 29.2 Å². The summed E-state index contributed by atoms with van der Waals surface area (Å²) >= 11 is 3.53. The molecular weight excluding hydrogens is 320 g/mol. The monoisotopic (exact) mass is 340 g/mol. The Labute approximate surface area is 128 Å². The molecule has 0 aliphatic carbocycles. The Morgan fingerprint density at radius 1 is 1.30 bits per heavy atom. The molecule has 1 fully saturated rings. The lowest BCUT2D eigenvalue weighted by Crippen LogP contribution is -2.47. The minimum atomic E-state index is -0.809. The molecule has 1 N–H and O–H groups in total. The number of hydrogen-bond donors (Lipinski definition) is 1. The molecule has 20 heavy (non-hydrogen) atoms. The van der Waals surface area contributed by atoms with Crippen LogP contribution in [0.2, 0.25) is 0 Å². The third kappa shape index (κ3) is 3.73. The standard InChI is InChI=1S/C15H21BrN2O2/c1-11(2)14-9-13(16)4-3-12(14)10-17-5-7-18(8-6-17)15(19)20/h3-4,9,11H,5-8,10H2,1-2H3,(H,19,20). The summed E-state index contributed by atoms with van der Waals surface area (Å²) in [7, 11) is 0. The van der Waals surface area contributed by atoms with E-state index in [1.807, 2.05) is 0 Å². The SMILES string of the molecule is CC(C)c1cc(Br)ccc1CN1CCN(C(=O)O)CC1. The van der Waals surface area contributed by atoms with Crippen molar-refractivity contribution in [1.82, 2.24) is 9.80 Å². The third-order valence-electron chi connectivity index (χ3n) is 3.77. The lowest BCUT2D eigenvalue weighted by atomic mass is 9.97. The van der Waals surface area contributed by atoms with Gasteiger partial charge in [0, 0.05) is 37.2 Å². The maximum atomic E-state index is 10.9. The van der Waals surface area contributed by atoms with E-state index in [1.54, 1.807) is 0 Å². The first-order valence-corrected chi connectivity index (χ1v) is 7.75. The van der Waals surface area contributed by atoms with Crippen molar-refractivity contribution in [2.24, 2.45) is 0 Å². The molecule has 1 saturated heterocycles. The van der Waals surface area contributed by atoms with E-state index in [0.717, 1.165) is 24.1 Å². The van der Waals surface area contributed by atoms with Gasteiger partial charge in [0.25, 0.3) is 0 Å². The first-order chi connectivity index (χ1) is 9.47. The van der Waals surface area contributed by atoms with Crippen LogP contribution in [0.3, 0.4) is 0 Å². The van der Waals surface area contributed by atoms with Gasteiger partial charge in [0.1, 0.15) is 0 Å². The Morgan fingerprint density at radius 2 is 1.95 bits per heavy atom. The molecule has 0 spiro atoms. The third-order valence-corrected chi connectivity index (χ3v) is 4.26. The predicted molar refractivity (Wildman–Crippen MR) is 83.1 cm³/mol. The molecule has 0 bridgehead atoms. The Bertz CT molecular complexity index is 483. The summed E-state index contributed by atoms with van der Waals surface area (Å²) in [5.41, 5.74) is 2.70. The zero-order chi connectivity index (χ0) is 14.7. The molecule has 1 aromatic carbocycles. The van der Waals surface area contributed by atoms with Crippen molar-refractivity contribution in [2.75, 3.05) is 26.2 Å². The van der Waals surface area contributed by atoms with Gasteiger partial charge >= 0.3 is 6.09 Å². The second kappa shape index (κ2) is 6.59. The molecule has 1 aliphatic rings. The Kier molecular flexibility index (Phi) is 5.05. The highest BCUT2D eigenvalue weighted by Crippen LogP contribution is 2.25. The molecule has 0 saturated carbocycles. The zero-order valence-corrected chi connectivity index (χ0v) is 13.6.